The highest BCUT2D eigenvalue weighted by molar-refractivity contribution is 7.87. The fourth-order valence-corrected chi connectivity index (χ4v) is 5.29. The predicted octanol–water partition coefficient (Wildman–Crippen LogP) is 0.722. The smallest absolute Gasteiger partial charge is 0.220 e. The summed E-state index contributed by atoms with van der Waals surface area (Å²) in [5, 5.41) is -0.0252. The van der Waals surface area contributed by atoms with Crippen molar-refractivity contribution < 1.29 is 13.8 Å². The van der Waals surface area contributed by atoms with E-state index >= 15 is 0 Å². The third-order valence-electron chi connectivity index (χ3n) is 3.96. The molecule has 4 nitrogen and oxygen atoms in total. The van der Waals surface area contributed by atoms with Gasteiger partial charge in [-0.15, -0.1) is 0 Å². The standard InChI is InChI=1S/C12H19NO3S/c1-7(14)11-9-5-12(3,4)17(16)10(9)6-13(11)8(2)15/h9-11H,5-6H2,1-4H3/t9?,10?,11-,17?/m1/s1. The molecule has 0 radical (unpaired) electrons. The summed E-state index contributed by atoms with van der Waals surface area (Å²) in [4.78, 5) is 24.9. The van der Waals surface area contributed by atoms with E-state index in [1.54, 1.807) is 4.90 Å². The largest absolute Gasteiger partial charge is 0.331 e. The van der Waals surface area contributed by atoms with Crippen LogP contribution < -0.4 is 0 Å². The van der Waals surface area contributed by atoms with Crippen molar-refractivity contribution in [1.82, 2.24) is 4.90 Å². The number of ketones is 1. The van der Waals surface area contributed by atoms with Crippen molar-refractivity contribution in [3.05, 3.63) is 0 Å². The molecule has 2 aliphatic heterocycles. The molecular weight excluding hydrogens is 238 g/mol. The van der Waals surface area contributed by atoms with Crippen molar-refractivity contribution in [1.29, 1.82) is 0 Å². The monoisotopic (exact) mass is 257 g/mol. The minimum absolute atomic E-state index is 0.0161. The molecule has 0 aliphatic carbocycles. The fraction of sp³-hybridized carbons (Fsp3) is 0.833. The molecule has 0 spiro atoms. The van der Waals surface area contributed by atoms with Crippen LogP contribution in [0.3, 0.4) is 0 Å². The van der Waals surface area contributed by atoms with Crippen molar-refractivity contribution in [2.24, 2.45) is 5.92 Å². The van der Waals surface area contributed by atoms with Crippen molar-refractivity contribution in [2.75, 3.05) is 6.54 Å². The zero-order valence-electron chi connectivity index (χ0n) is 10.7. The molecular formula is C12H19NO3S. The summed E-state index contributed by atoms with van der Waals surface area (Å²) in [6.45, 7) is 7.44. The van der Waals surface area contributed by atoms with Crippen LogP contribution in [-0.2, 0) is 20.4 Å². The lowest BCUT2D eigenvalue weighted by Crippen LogP contribution is -2.42. The SMILES string of the molecule is CC(=O)[C@@H]1C2CC(C)(C)S(=O)C2CN1C(C)=O. The van der Waals surface area contributed by atoms with Gasteiger partial charge in [0.05, 0.1) is 11.3 Å². The maximum absolute atomic E-state index is 12.3. The van der Waals surface area contributed by atoms with Gasteiger partial charge in [0.25, 0.3) is 0 Å². The molecule has 0 N–H and O–H groups in total. The number of carbonyl (C=O) groups excluding carboxylic acids is 2. The van der Waals surface area contributed by atoms with Gasteiger partial charge >= 0.3 is 0 Å². The summed E-state index contributed by atoms with van der Waals surface area (Å²) in [6.07, 6.45) is 0.762. The number of likely N-dealkylation sites (tertiary alicyclic amines) is 1. The van der Waals surface area contributed by atoms with E-state index < -0.39 is 10.8 Å². The topological polar surface area (TPSA) is 54.5 Å². The van der Waals surface area contributed by atoms with E-state index in [0.717, 1.165) is 6.42 Å². The van der Waals surface area contributed by atoms with Crippen molar-refractivity contribution >= 4 is 22.5 Å². The highest BCUT2D eigenvalue weighted by atomic mass is 32.2. The summed E-state index contributed by atoms with van der Waals surface area (Å²) < 4.78 is 12.1. The third kappa shape index (κ3) is 1.84. The highest BCUT2D eigenvalue weighted by Gasteiger charge is 2.56. The Balaban J connectivity index is 2.33. The first-order valence-corrected chi connectivity index (χ1v) is 7.15. The molecule has 0 saturated carbocycles. The van der Waals surface area contributed by atoms with Crippen LogP contribution in [0.1, 0.15) is 34.1 Å². The van der Waals surface area contributed by atoms with E-state index in [9.17, 15) is 13.8 Å². The molecule has 2 heterocycles. The maximum atomic E-state index is 12.3. The summed E-state index contributed by atoms with van der Waals surface area (Å²) in [5.74, 6) is 0.00374. The van der Waals surface area contributed by atoms with Crippen molar-refractivity contribution in [3.8, 4) is 0 Å². The van der Waals surface area contributed by atoms with Crippen LogP contribution in [0.2, 0.25) is 0 Å². The Kier molecular flexibility index (Phi) is 2.92. The molecule has 0 bridgehead atoms. The van der Waals surface area contributed by atoms with Crippen LogP contribution in [0.5, 0.6) is 0 Å². The van der Waals surface area contributed by atoms with Gasteiger partial charge in [-0.2, -0.15) is 0 Å². The quantitative estimate of drug-likeness (QED) is 0.695. The van der Waals surface area contributed by atoms with E-state index in [1.165, 1.54) is 13.8 Å². The Morgan fingerprint density at radius 2 is 1.88 bits per heavy atom. The second-order valence-corrected chi connectivity index (χ2v) is 8.00. The second kappa shape index (κ2) is 3.90. The zero-order valence-corrected chi connectivity index (χ0v) is 11.5. The normalized spacial score (nSPS) is 39.2. The van der Waals surface area contributed by atoms with Crippen molar-refractivity contribution in [2.45, 2.75) is 50.2 Å². The van der Waals surface area contributed by atoms with Gasteiger partial charge in [-0.05, 0) is 27.2 Å². The number of fused-ring (bicyclic) bond motifs is 1. The number of nitrogens with zero attached hydrogens (tertiary/aromatic N) is 1. The number of amides is 1. The molecule has 0 aromatic rings. The van der Waals surface area contributed by atoms with E-state index in [2.05, 4.69) is 0 Å². The molecule has 0 aromatic carbocycles. The van der Waals surface area contributed by atoms with Crippen LogP contribution in [0, 0.1) is 5.92 Å². The Labute approximate surface area is 104 Å². The highest BCUT2D eigenvalue weighted by Crippen LogP contribution is 2.45. The predicted molar refractivity (Wildman–Crippen MR) is 66.0 cm³/mol. The summed E-state index contributed by atoms with van der Waals surface area (Å²) in [5.41, 5.74) is 0. The molecule has 2 saturated heterocycles. The maximum Gasteiger partial charge on any atom is 0.220 e. The van der Waals surface area contributed by atoms with Crippen LogP contribution in [0.25, 0.3) is 0 Å². The van der Waals surface area contributed by atoms with E-state index in [1.807, 2.05) is 13.8 Å². The summed E-state index contributed by atoms with van der Waals surface area (Å²) in [6, 6.07) is -0.358. The Morgan fingerprint density at radius 1 is 1.29 bits per heavy atom. The Morgan fingerprint density at radius 3 is 2.35 bits per heavy atom. The van der Waals surface area contributed by atoms with E-state index in [-0.39, 0.29) is 33.6 Å². The van der Waals surface area contributed by atoms with E-state index in [0.29, 0.717) is 6.54 Å². The molecule has 2 fully saturated rings. The average molecular weight is 257 g/mol. The Bertz CT molecular complexity index is 405. The second-order valence-electron chi connectivity index (χ2n) is 5.69. The van der Waals surface area contributed by atoms with Gasteiger partial charge in [-0.3, -0.25) is 13.8 Å². The van der Waals surface area contributed by atoms with Gasteiger partial charge in [0, 0.05) is 34.9 Å². The van der Waals surface area contributed by atoms with Crippen LogP contribution >= 0.6 is 0 Å². The number of Topliss-reactive ketones (excluding diaryl/α,β-unsaturated/α-hetero) is 1. The minimum atomic E-state index is -0.959. The first kappa shape index (κ1) is 12.7. The zero-order chi connectivity index (χ0) is 13.0. The molecule has 17 heavy (non-hydrogen) atoms. The van der Waals surface area contributed by atoms with Gasteiger partial charge in [-0.25, -0.2) is 0 Å². The fourth-order valence-electron chi connectivity index (χ4n) is 3.25. The van der Waals surface area contributed by atoms with Gasteiger partial charge in [0.15, 0.2) is 5.78 Å². The Hall–Kier alpha value is -0.710. The molecule has 4 atom stereocenters. The lowest BCUT2D eigenvalue weighted by Gasteiger charge is -2.27. The number of rotatable bonds is 1. The van der Waals surface area contributed by atoms with E-state index in [4.69, 9.17) is 0 Å². The third-order valence-corrected chi connectivity index (χ3v) is 6.27. The molecule has 3 unspecified atom stereocenters. The first-order chi connectivity index (χ1) is 7.75. The molecule has 2 aliphatic rings. The number of hydrogen-bond acceptors (Lipinski definition) is 3. The lowest BCUT2D eigenvalue weighted by molar-refractivity contribution is -0.136. The van der Waals surface area contributed by atoms with Crippen LogP contribution in [0.4, 0.5) is 0 Å². The van der Waals surface area contributed by atoms with Gasteiger partial charge < -0.3 is 4.90 Å². The van der Waals surface area contributed by atoms with Crippen LogP contribution in [0.15, 0.2) is 0 Å². The summed E-state index contributed by atoms with van der Waals surface area (Å²) in [7, 11) is -0.959. The van der Waals surface area contributed by atoms with Crippen molar-refractivity contribution in [3.63, 3.8) is 0 Å². The number of carbonyl (C=O) groups is 2. The first-order valence-electron chi connectivity index (χ1n) is 5.94. The van der Waals surface area contributed by atoms with Gasteiger partial charge in [0.2, 0.25) is 5.91 Å². The van der Waals surface area contributed by atoms with Gasteiger partial charge in [-0.1, -0.05) is 0 Å². The lowest BCUT2D eigenvalue weighted by atomic mass is 9.89. The number of hydrogen-bond donors (Lipinski definition) is 0. The molecule has 1 amide bonds. The molecule has 0 aromatic heterocycles. The molecule has 2 rings (SSSR count). The van der Waals surface area contributed by atoms with Gasteiger partial charge in [0.1, 0.15) is 0 Å². The molecule has 5 heteroatoms. The summed E-state index contributed by atoms with van der Waals surface area (Å²) >= 11 is 0. The van der Waals surface area contributed by atoms with Crippen LogP contribution in [-0.4, -0.2) is 43.4 Å². The molecule has 96 valence electrons. The minimum Gasteiger partial charge on any atom is -0.331 e. The average Bonchev–Trinajstić information content (AvgIpc) is 2.63.